The molecule has 0 saturated heterocycles. The second-order valence-corrected chi connectivity index (χ2v) is 7.59. The van der Waals surface area contributed by atoms with E-state index in [9.17, 15) is 13.2 Å². The normalized spacial score (nSPS) is 16.7. The molecule has 122 valence electrons. The van der Waals surface area contributed by atoms with Crippen molar-refractivity contribution in [3.05, 3.63) is 24.3 Å². The highest BCUT2D eigenvalue weighted by Crippen LogP contribution is 2.27. The van der Waals surface area contributed by atoms with E-state index in [0.717, 1.165) is 25.7 Å². The molecule has 1 aliphatic carbocycles. The van der Waals surface area contributed by atoms with Crippen molar-refractivity contribution in [1.29, 1.82) is 0 Å². The van der Waals surface area contributed by atoms with Crippen LogP contribution in [-0.4, -0.2) is 38.3 Å². The molecule has 0 spiro atoms. The SMILES string of the molecule is CN(C1CCCCC1)S(=O)(=O)c1cccc(NC(=O)CN)c1. The number of sulfonamides is 1. The summed E-state index contributed by atoms with van der Waals surface area (Å²) < 4.78 is 26.9. The van der Waals surface area contributed by atoms with Crippen molar-refractivity contribution >= 4 is 21.6 Å². The number of carbonyl (C=O) groups is 1. The fourth-order valence-electron chi connectivity index (χ4n) is 2.75. The molecule has 7 heteroatoms. The molecule has 1 amide bonds. The Morgan fingerprint density at radius 3 is 2.64 bits per heavy atom. The quantitative estimate of drug-likeness (QED) is 0.859. The molecule has 0 radical (unpaired) electrons. The van der Waals surface area contributed by atoms with Crippen molar-refractivity contribution in [2.45, 2.75) is 43.0 Å². The number of anilines is 1. The Labute approximate surface area is 131 Å². The Morgan fingerprint density at radius 2 is 2.00 bits per heavy atom. The highest BCUT2D eigenvalue weighted by atomic mass is 32.2. The van der Waals surface area contributed by atoms with Gasteiger partial charge in [-0.3, -0.25) is 4.79 Å². The van der Waals surface area contributed by atoms with Gasteiger partial charge in [-0.15, -0.1) is 0 Å². The van der Waals surface area contributed by atoms with Crippen molar-refractivity contribution < 1.29 is 13.2 Å². The molecule has 0 aliphatic heterocycles. The standard InChI is InChI=1S/C15H23N3O3S/c1-18(13-7-3-2-4-8-13)22(20,21)14-9-5-6-12(10-14)17-15(19)11-16/h5-6,9-10,13H,2-4,7-8,11,16H2,1H3,(H,17,19). The first-order valence-electron chi connectivity index (χ1n) is 7.53. The first kappa shape index (κ1) is 16.9. The topological polar surface area (TPSA) is 92.5 Å². The molecule has 1 aromatic rings. The Kier molecular flexibility index (Phi) is 5.55. The van der Waals surface area contributed by atoms with Crippen LogP contribution < -0.4 is 11.1 Å². The van der Waals surface area contributed by atoms with Gasteiger partial charge in [0.05, 0.1) is 11.4 Å². The van der Waals surface area contributed by atoms with E-state index in [2.05, 4.69) is 5.32 Å². The van der Waals surface area contributed by atoms with Crippen LogP contribution in [-0.2, 0) is 14.8 Å². The van der Waals surface area contributed by atoms with Crippen LogP contribution in [0.2, 0.25) is 0 Å². The van der Waals surface area contributed by atoms with Crippen LogP contribution in [0.3, 0.4) is 0 Å². The van der Waals surface area contributed by atoms with Crippen LogP contribution in [0, 0.1) is 0 Å². The number of hydrogen-bond acceptors (Lipinski definition) is 4. The van der Waals surface area contributed by atoms with Gasteiger partial charge in [-0.25, -0.2) is 8.42 Å². The van der Waals surface area contributed by atoms with Gasteiger partial charge in [-0.2, -0.15) is 4.31 Å². The van der Waals surface area contributed by atoms with Crippen LogP contribution in [0.1, 0.15) is 32.1 Å². The zero-order valence-electron chi connectivity index (χ0n) is 12.8. The highest BCUT2D eigenvalue weighted by Gasteiger charge is 2.29. The summed E-state index contributed by atoms with van der Waals surface area (Å²) in [6.45, 7) is -0.140. The molecule has 1 saturated carbocycles. The zero-order valence-corrected chi connectivity index (χ0v) is 13.6. The van der Waals surface area contributed by atoms with Gasteiger partial charge in [0, 0.05) is 18.8 Å². The summed E-state index contributed by atoms with van der Waals surface area (Å²) in [4.78, 5) is 11.5. The van der Waals surface area contributed by atoms with Crippen molar-refractivity contribution in [2.24, 2.45) is 5.73 Å². The van der Waals surface area contributed by atoms with Crippen LogP contribution in [0.4, 0.5) is 5.69 Å². The second kappa shape index (κ2) is 7.21. The lowest BCUT2D eigenvalue weighted by molar-refractivity contribution is -0.114. The molecule has 1 aliphatic rings. The molecule has 22 heavy (non-hydrogen) atoms. The van der Waals surface area contributed by atoms with Gasteiger partial charge in [0.1, 0.15) is 0 Å². The first-order chi connectivity index (χ1) is 10.4. The lowest BCUT2D eigenvalue weighted by Gasteiger charge is -2.30. The van der Waals surface area contributed by atoms with Gasteiger partial charge >= 0.3 is 0 Å². The molecule has 0 bridgehead atoms. The van der Waals surface area contributed by atoms with Crippen molar-refractivity contribution in [3.8, 4) is 0 Å². The number of carbonyl (C=O) groups excluding carboxylic acids is 1. The summed E-state index contributed by atoms with van der Waals surface area (Å²) >= 11 is 0. The number of rotatable bonds is 5. The van der Waals surface area contributed by atoms with E-state index in [1.165, 1.54) is 16.8 Å². The maximum Gasteiger partial charge on any atom is 0.243 e. The fourth-order valence-corrected chi connectivity index (χ4v) is 4.22. The third-order valence-corrected chi connectivity index (χ3v) is 5.98. The molecule has 0 aromatic heterocycles. The van der Waals surface area contributed by atoms with E-state index in [1.54, 1.807) is 25.2 Å². The monoisotopic (exact) mass is 325 g/mol. The van der Waals surface area contributed by atoms with Crippen LogP contribution >= 0.6 is 0 Å². The van der Waals surface area contributed by atoms with Crippen molar-refractivity contribution in [1.82, 2.24) is 4.31 Å². The largest absolute Gasteiger partial charge is 0.325 e. The molecule has 6 nitrogen and oxygen atoms in total. The molecule has 0 heterocycles. The Bertz CT molecular complexity index is 625. The fraction of sp³-hybridized carbons (Fsp3) is 0.533. The summed E-state index contributed by atoms with van der Waals surface area (Å²) in [6, 6.07) is 6.34. The molecule has 2 rings (SSSR count). The summed E-state index contributed by atoms with van der Waals surface area (Å²) in [7, 11) is -1.92. The Hall–Kier alpha value is -1.44. The number of amides is 1. The van der Waals surface area contributed by atoms with E-state index in [4.69, 9.17) is 5.73 Å². The van der Waals surface area contributed by atoms with E-state index in [-0.39, 0.29) is 23.4 Å². The number of nitrogens with zero attached hydrogens (tertiary/aromatic N) is 1. The lowest BCUT2D eigenvalue weighted by atomic mass is 9.96. The minimum atomic E-state index is -3.55. The Balaban J connectivity index is 2.21. The zero-order chi connectivity index (χ0) is 16.2. The van der Waals surface area contributed by atoms with E-state index in [1.807, 2.05) is 0 Å². The molecular weight excluding hydrogens is 302 g/mol. The van der Waals surface area contributed by atoms with Gasteiger partial charge in [-0.05, 0) is 31.0 Å². The number of hydrogen-bond donors (Lipinski definition) is 2. The molecule has 0 atom stereocenters. The smallest absolute Gasteiger partial charge is 0.243 e. The van der Waals surface area contributed by atoms with Gasteiger partial charge in [0.2, 0.25) is 15.9 Å². The summed E-state index contributed by atoms with van der Waals surface area (Å²) in [5, 5.41) is 2.58. The van der Waals surface area contributed by atoms with Crippen molar-refractivity contribution in [3.63, 3.8) is 0 Å². The molecule has 0 unspecified atom stereocenters. The predicted octanol–water partition coefficient (Wildman–Crippen LogP) is 1.54. The first-order valence-corrected chi connectivity index (χ1v) is 8.97. The Morgan fingerprint density at radius 1 is 1.32 bits per heavy atom. The van der Waals surface area contributed by atoms with Crippen LogP contribution in [0.25, 0.3) is 0 Å². The lowest BCUT2D eigenvalue weighted by Crippen LogP contribution is -2.38. The second-order valence-electron chi connectivity index (χ2n) is 5.59. The summed E-state index contributed by atoms with van der Waals surface area (Å²) in [5.74, 6) is -0.352. The van der Waals surface area contributed by atoms with Crippen LogP contribution in [0.15, 0.2) is 29.2 Å². The average molecular weight is 325 g/mol. The van der Waals surface area contributed by atoms with E-state index < -0.39 is 10.0 Å². The minimum absolute atomic E-state index is 0.0565. The maximum atomic E-state index is 12.7. The van der Waals surface area contributed by atoms with Gasteiger partial charge in [0.25, 0.3) is 0 Å². The van der Waals surface area contributed by atoms with Crippen molar-refractivity contribution in [2.75, 3.05) is 18.9 Å². The average Bonchev–Trinajstić information content (AvgIpc) is 2.55. The minimum Gasteiger partial charge on any atom is -0.325 e. The van der Waals surface area contributed by atoms with Crippen LogP contribution in [0.5, 0.6) is 0 Å². The predicted molar refractivity (Wildman–Crippen MR) is 85.9 cm³/mol. The number of nitrogens with two attached hydrogens (primary N) is 1. The number of nitrogens with one attached hydrogen (secondary N) is 1. The summed E-state index contributed by atoms with van der Waals surface area (Å²) in [6.07, 6.45) is 5.11. The highest BCUT2D eigenvalue weighted by molar-refractivity contribution is 7.89. The third-order valence-electron chi connectivity index (χ3n) is 4.07. The molecular formula is C15H23N3O3S. The van der Waals surface area contributed by atoms with Gasteiger partial charge in [0.15, 0.2) is 0 Å². The molecule has 3 N–H and O–H groups in total. The van der Waals surface area contributed by atoms with E-state index in [0.29, 0.717) is 5.69 Å². The van der Waals surface area contributed by atoms with Gasteiger partial charge < -0.3 is 11.1 Å². The van der Waals surface area contributed by atoms with E-state index >= 15 is 0 Å². The third kappa shape index (κ3) is 3.85. The van der Waals surface area contributed by atoms with Gasteiger partial charge in [-0.1, -0.05) is 25.3 Å². The molecule has 1 fully saturated rings. The number of benzene rings is 1. The molecule has 1 aromatic carbocycles. The maximum absolute atomic E-state index is 12.7. The summed E-state index contributed by atoms with van der Waals surface area (Å²) in [5.41, 5.74) is 5.69.